The van der Waals surface area contributed by atoms with Crippen molar-refractivity contribution in [3.8, 4) is 5.69 Å². The molecule has 1 saturated heterocycles. The molecule has 1 amide bonds. The van der Waals surface area contributed by atoms with Crippen LogP contribution < -0.4 is 0 Å². The van der Waals surface area contributed by atoms with E-state index in [9.17, 15) is 13.2 Å². The molecule has 1 aliphatic heterocycles. The van der Waals surface area contributed by atoms with Gasteiger partial charge in [-0.2, -0.15) is 0 Å². The first-order valence-electron chi connectivity index (χ1n) is 7.58. The van der Waals surface area contributed by atoms with Crippen molar-refractivity contribution in [1.82, 2.24) is 19.7 Å². The maximum atomic E-state index is 13.1. The molecule has 1 aromatic carbocycles. The van der Waals surface area contributed by atoms with Gasteiger partial charge in [0.2, 0.25) is 0 Å². The van der Waals surface area contributed by atoms with Gasteiger partial charge in [0.25, 0.3) is 5.91 Å². The second-order valence-electron chi connectivity index (χ2n) is 5.69. The van der Waals surface area contributed by atoms with Crippen LogP contribution in [0.15, 0.2) is 49.6 Å². The predicted molar refractivity (Wildman–Crippen MR) is 89.7 cm³/mol. The Kier molecular flexibility index (Phi) is 4.48. The van der Waals surface area contributed by atoms with Gasteiger partial charge in [0.05, 0.1) is 22.8 Å². The molecule has 126 valence electrons. The van der Waals surface area contributed by atoms with Gasteiger partial charge in [-0.05, 0) is 18.6 Å². The molecule has 2 aromatic rings. The first-order chi connectivity index (χ1) is 11.5. The highest BCUT2D eigenvalue weighted by Gasteiger charge is 2.35. The lowest BCUT2D eigenvalue weighted by molar-refractivity contribution is 0.0720. The van der Waals surface area contributed by atoms with Crippen LogP contribution in [0, 0.1) is 0 Å². The molecule has 0 bridgehead atoms. The van der Waals surface area contributed by atoms with Crippen molar-refractivity contribution in [2.24, 2.45) is 0 Å². The van der Waals surface area contributed by atoms with Crippen molar-refractivity contribution in [2.75, 3.05) is 18.1 Å². The van der Waals surface area contributed by atoms with E-state index >= 15 is 0 Å². The number of benzene rings is 1. The van der Waals surface area contributed by atoms with Crippen molar-refractivity contribution >= 4 is 15.7 Å². The standard InChI is InChI=1S/C16H18N4O3S/c1-2-8-20(13-7-9-24(22,23)10-13)16(21)14-5-3-4-6-15(14)19-11-17-18-12-19/h2-6,11-13H,1,7-10H2. The minimum atomic E-state index is -3.08. The molecule has 7 nitrogen and oxygen atoms in total. The third-order valence-corrected chi connectivity index (χ3v) is 5.82. The van der Waals surface area contributed by atoms with Crippen LogP contribution in [-0.2, 0) is 9.84 Å². The highest BCUT2D eigenvalue weighted by molar-refractivity contribution is 7.91. The Balaban J connectivity index is 1.96. The zero-order chi connectivity index (χ0) is 17.2. The number of nitrogens with zero attached hydrogens (tertiary/aromatic N) is 4. The summed E-state index contributed by atoms with van der Waals surface area (Å²) in [5, 5.41) is 7.54. The highest BCUT2D eigenvalue weighted by atomic mass is 32.2. The SMILES string of the molecule is C=CCN(C(=O)c1ccccc1-n1cnnc1)C1CCS(=O)(=O)C1. The summed E-state index contributed by atoms with van der Waals surface area (Å²) in [6.45, 7) is 3.99. The minimum Gasteiger partial charge on any atom is -0.331 e. The average molecular weight is 346 g/mol. The summed E-state index contributed by atoms with van der Waals surface area (Å²) in [5.74, 6) is -0.103. The molecular weight excluding hydrogens is 328 g/mol. The summed E-state index contributed by atoms with van der Waals surface area (Å²) < 4.78 is 25.2. The summed E-state index contributed by atoms with van der Waals surface area (Å²) in [6.07, 6.45) is 5.11. The zero-order valence-corrected chi connectivity index (χ0v) is 13.9. The molecule has 8 heteroatoms. The highest BCUT2D eigenvalue weighted by Crippen LogP contribution is 2.22. The number of sulfone groups is 1. The van der Waals surface area contributed by atoms with E-state index in [-0.39, 0.29) is 23.5 Å². The Morgan fingerprint density at radius 2 is 2.04 bits per heavy atom. The summed E-state index contributed by atoms with van der Waals surface area (Å²) in [6, 6.07) is 6.79. The first kappa shape index (κ1) is 16.4. The summed E-state index contributed by atoms with van der Waals surface area (Å²) >= 11 is 0. The van der Waals surface area contributed by atoms with Crippen LogP contribution in [-0.4, -0.2) is 58.1 Å². The van der Waals surface area contributed by atoms with E-state index in [1.54, 1.807) is 33.7 Å². The van der Waals surface area contributed by atoms with E-state index in [1.165, 1.54) is 12.7 Å². The Morgan fingerprint density at radius 1 is 1.33 bits per heavy atom. The molecule has 0 spiro atoms. The van der Waals surface area contributed by atoms with Crippen molar-refractivity contribution in [2.45, 2.75) is 12.5 Å². The fourth-order valence-corrected chi connectivity index (χ4v) is 4.65. The lowest BCUT2D eigenvalue weighted by Crippen LogP contribution is -2.41. The van der Waals surface area contributed by atoms with Gasteiger partial charge >= 0.3 is 0 Å². The van der Waals surface area contributed by atoms with Crippen LogP contribution >= 0.6 is 0 Å². The monoisotopic (exact) mass is 346 g/mol. The molecule has 1 aliphatic rings. The van der Waals surface area contributed by atoms with Crippen LogP contribution in [0.2, 0.25) is 0 Å². The second kappa shape index (κ2) is 6.56. The fourth-order valence-electron chi connectivity index (χ4n) is 2.92. The number of rotatable bonds is 5. The third kappa shape index (κ3) is 3.23. The number of aromatic nitrogens is 3. The van der Waals surface area contributed by atoms with Gasteiger partial charge in [-0.1, -0.05) is 18.2 Å². The van der Waals surface area contributed by atoms with Gasteiger partial charge in [-0.15, -0.1) is 16.8 Å². The molecule has 1 aromatic heterocycles. The van der Waals surface area contributed by atoms with Crippen LogP contribution in [0.4, 0.5) is 0 Å². The van der Waals surface area contributed by atoms with E-state index in [0.29, 0.717) is 24.2 Å². The number of carbonyl (C=O) groups is 1. The van der Waals surface area contributed by atoms with E-state index < -0.39 is 9.84 Å². The minimum absolute atomic E-state index is 0.00137. The number of amides is 1. The first-order valence-corrected chi connectivity index (χ1v) is 9.40. The van der Waals surface area contributed by atoms with Gasteiger partial charge in [-0.3, -0.25) is 9.36 Å². The van der Waals surface area contributed by atoms with Crippen molar-refractivity contribution in [3.05, 3.63) is 55.1 Å². The quantitative estimate of drug-likeness (QED) is 0.757. The van der Waals surface area contributed by atoms with Crippen LogP contribution in [0.3, 0.4) is 0 Å². The van der Waals surface area contributed by atoms with Crippen LogP contribution in [0.25, 0.3) is 5.69 Å². The van der Waals surface area contributed by atoms with Gasteiger partial charge in [0.15, 0.2) is 9.84 Å². The maximum absolute atomic E-state index is 13.1. The topological polar surface area (TPSA) is 85.2 Å². The van der Waals surface area contributed by atoms with Gasteiger partial charge in [0.1, 0.15) is 12.7 Å². The number of para-hydroxylation sites is 1. The fraction of sp³-hybridized carbons (Fsp3) is 0.312. The number of carbonyl (C=O) groups excluding carboxylic acids is 1. The normalized spacial score (nSPS) is 19.1. The maximum Gasteiger partial charge on any atom is 0.256 e. The van der Waals surface area contributed by atoms with Gasteiger partial charge < -0.3 is 4.90 Å². The molecule has 1 fully saturated rings. The Bertz CT molecular complexity index is 846. The molecule has 0 N–H and O–H groups in total. The van der Waals surface area contributed by atoms with Crippen molar-refractivity contribution < 1.29 is 13.2 Å². The summed E-state index contributed by atoms with van der Waals surface area (Å²) in [4.78, 5) is 14.7. The smallest absolute Gasteiger partial charge is 0.256 e. The van der Waals surface area contributed by atoms with Gasteiger partial charge in [0, 0.05) is 12.6 Å². The molecule has 0 saturated carbocycles. The third-order valence-electron chi connectivity index (χ3n) is 4.07. The summed E-state index contributed by atoms with van der Waals surface area (Å²) in [5.41, 5.74) is 1.13. The molecule has 1 atom stereocenters. The second-order valence-corrected chi connectivity index (χ2v) is 7.92. The predicted octanol–water partition coefficient (Wildman–Crippen LogP) is 1.08. The number of hydrogen-bond acceptors (Lipinski definition) is 5. The summed E-state index contributed by atoms with van der Waals surface area (Å²) in [7, 11) is -3.08. The molecular formula is C16H18N4O3S. The van der Waals surface area contributed by atoms with Crippen molar-refractivity contribution in [3.63, 3.8) is 0 Å². The number of hydrogen-bond donors (Lipinski definition) is 0. The van der Waals surface area contributed by atoms with Crippen LogP contribution in [0.5, 0.6) is 0 Å². The molecule has 3 rings (SSSR count). The van der Waals surface area contributed by atoms with E-state index in [0.717, 1.165) is 0 Å². The lowest BCUT2D eigenvalue weighted by Gasteiger charge is -2.28. The molecule has 0 radical (unpaired) electrons. The van der Waals surface area contributed by atoms with E-state index in [4.69, 9.17) is 0 Å². The van der Waals surface area contributed by atoms with Crippen LogP contribution in [0.1, 0.15) is 16.8 Å². The lowest BCUT2D eigenvalue weighted by atomic mass is 10.1. The van der Waals surface area contributed by atoms with E-state index in [2.05, 4.69) is 16.8 Å². The molecule has 0 aliphatic carbocycles. The average Bonchev–Trinajstić information content (AvgIpc) is 3.21. The van der Waals surface area contributed by atoms with Gasteiger partial charge in [-0.25, -0.2) is 8.42 Å². The Morgan fingerprint density at radius 3 is 2.67 bits per heavy atom. The largest absolute Gasteiger partial charge is 0.331 e. The molecule has 1 unspecified atom stereocenters. The van der Waals surface area contributed by atoms with E-state index in [1.807, 2.05) is 6.07 Å². The molecule has 2 heterocycles. The Labute approximate surface area is 140 Å². The zero-order valence-electron chi connectivity index (χ0n) is 13.1. The van der Waals surface area contributed by atoms with Crippen molar-refractivity contribution in [1.29, 1.82) is 0 Å². The Hall–Kier alpha value is -2.48. The molecule has 24 heavy (non-hydrogen) atoms.